The zero-order chi connectivity index (χ0) is 19.0. The van der Waals surface area contributed by atoms with E-state index in [-0.39, 0.29) is 17.9 Å². The summed E-state index contributed by atoms with van der Waals surface area (Å²) >= 11 is 0. The van der Waals surface area contributed by atoms with Gasteiger partial charge in [0.05, 0.1) is 24.4 Å². The van der Waals surface area contributed by atoms with Gasteiger partial charge in [-0.15, -0.1) is 0 Å². The van der Waals surface area contributed by atoms with Crippen LogP contribution >= 0.6 is 0 Å². The van der Waals surface area contributed by atoms with Crippen LogP contribution in [0.5, 0.6) is 5.75 Å². The number of nitrogens with zero attached hydrogens (tertiary/aromatic N) is 3. The highest BCUT2D eigenvalue weighted by Gasteiger charge is 2.27. The first-order valence-electron chi connectivity index (χ1n) is 9.19. The Labute approximate surface area is 158 Å². The minimum Gasteiger partial charge on any atom is -0.496 e. The molecule has 0 amide bonds. The van der Waals surface area contributed by atoms with E-state index < -0.39 is 0 Å². The van der Waals surface area contributed by atoms with Crippen LogP contribution in [0.25, 0.3) is 5.57 Å². The molecule has 0 saturated carbocycles. The first kappa shape index (κ1) is 17.7. The van der Waals surface area contributed by atoms with Crippen LogP contribution in [0.4, 0.5) is 10.3 Å². The summed E-state index contributed by atoms with van der Waals surface area (Å²) in [7, 11) is 1.56. The van der Waals surface area contributed by atoms with E-state index in [1.165, 1.54) is 6.07 Å². The number of hydrogen-bond donors (Lipinski definition) is 2. The molecule has 27 heavy (non-hydrogen) atoms. The molecular formula is C20H24FN5O. The van der Waals surface area contributed by atoms with Gasteiger partial charge >= 0.3 is 0 Å². The average molecular weight is 369 g/mol. The summed E-state index contributed by atoms with van der Waals surface area (Å²) in [5.74, 6) is 0.972. The summed E-state index contributed by atoms with van der Waals surface area (Å²) < 4.78 is 19.7. The van der Waals surface area contributed by atoms with Crippen molar-refractivity contribution in [2.24, 2.45) is 5.73 Å². The predicted octanol–water partition coefficient (Wildman–Crippen LogP) is 2.55. The summed E-state index contributed by atoms with van der Waals surface area (Å²) in [5, 5.41) is 3.34. The van der Waals surface area contributed by atoms with E-state index in [1.807, 2.05) is 19.2 Å². The highest BCUT2D eigenvalue weighted by atomic mass is 19.1. The second-order valence-corrected chi connectivity index (χ2v) is 7.14. The predicted molar refractivity (Wildman–Crippen MR) is 103 cm³/mol. The van der Waals surface area contributed by atoms with Crippen LogP contribution < -0.4 is 20.7 Å². The highest BCUT2D eigenvalue weighted by Crippen LogP contribution is 2.37. The summed E-state index contributed by atoms with van der Waals surface area (Å²) in [4.78, 5) is 11.5. The maximum Gasteiger partial charge on any atom is 0.225 e. The first-order chi connectivity index (χ1) is 13.0. The fourth-order valence-corrected chi connectivity index (χ4v) is 3.75. The van der Waals surface area contributed by atoms with E-state index in [0.717, 1.165) is 42.4 Å². The van der Waals surface area contributed by atoms with Gasteiger partial charge in [-0.2, -0.15) is 0 Å². The topological polar surface area (TPSA) is 76.3 Å². The number of methoxy groups -OCH3 is 1. The van der Waals surface area contributed by atoms with Crippen molar-refractivity contribution in [3.05, 3.63) is 53.2 Å². The van der Waals surface area contributed by atoms with Crippen molar-refractivity contribution in [1.82, 2.24) is 15.3 Å². The number of anilines is 1. The van der Waals surface area contributed by atoms with E-state index >= 15 is 0 Å². The van der Waals surface area contributed by atoms with Crippen LogP contribution in [0.15, 0.2) is 30.5 Å². The molecule has 2 atom stereocenters. The van der Waals surface area contributed by atoms with Crippen LogP contribution in [0.3, 0.4) is 0 Å². The first-order valence-corrected chi connectivity index (χ1v) is 9.19. The van der Waals surface area contributed by atoms with Gasteiger partial charge in [0, 0.05) is 37.4 Å². The minimum atomic E-state index is -0.284. The molecule has 2 aliphatic rings. The summed E-state index contributed by atoms with van der Waals surface area (Å²) in [6.07, 6.45) is 3.44. The Morgan fingerprint density at radius 2 is 2.19 bits per heavy atom. The van der Waals surface area contributed by atoms with Crippen LogP contribution in [0.2, 0.25) is 0 Å². The number of rotatable bonds is 4. The third-order valence-electron chi connectivity index (χ3n) is 5.13. The lowest BCUT2D eigenvalue weighted by molar-refractivity contribution is 0.409. The van der Waals surface area contributed by atoms with E-state index in [1.54, 1.807) is 19.2 Å². The lowest BCUT2D eigenvalue weighted by atomic mass is 9.99. The zero-order valence-electron chi connectivity index (χ0n) is 15.6. The van der Waals surface area contributed by atoms with Crippen molar-refractivity contribution in [3.63, 3.8) is 0 Å². The maximum absolute atomic E-state index is 14.4. The molecule has 1 fully saturated rings. The van der Waals surface area contributed by atoms with Gasteiger partial charge in [0.1, 0.15) is 11.6 Å². The molecule has 1 saturated heterocycles. The van der Waals surface area contributed by atoms with Gasteiger partial charge in [0.2, 0.25) is 5.95 Å². The molecule has 0 aliphatic carbocycles. The molecule has 1 aromatic heterocycles. The average Bonchev–Trinajstić information content (AvgIpc) is 3.30. The lowest BCUT2D eigenvalue weighted by Crippen LogP contribution is -2.28. The number of halogens is 1. The van der Waals surface area contributed by atoms with Crippen molar-refractivity contribution in [3.8, 4) is 5.75 Å². The number of ether oxygens (including phenoxy) is 1. The van der Waals surface area contributed by atoms with Crippen molar-refractivity contribution in [2.45, 2.75) is 31.8 Å². The Hall–Kier alpha value is -2.67. The molecule has 4 rings (SSSR count). The molecule has 0 spiro atoms. The van der Waals surface area contributed by atoms with Crippen LogP contribution in [0, 0.1) is 12.7 Å². The fourth-order valence-electron chi connectivity index (χ4n) is 3.75. The highest BCUT2D eigenvalue weighted by molar-refractivity contribution is 5.73. The van der Waals surface area contributed by atoms with E-state index in [0.29, 0.717) is 17.7 Å². The van der Waals surface area contributed by atoms with Gasteiger partial charge in [-0.1, -0.05) is 6.07 Å². The summed E-state index contributed by atoms with van der Waals surface area (Å²) in [5.41, 5.74) is 9.21. The molecular weight excluding hydrogens is 345 g/mol. The molecule has 142 valence electrons. The third-order valence-corrected chi connectivity index (χ3v) is 5.13. The zero-order valence-corrected chi connectivity index (χ0v) is 15.6. The van der Waals surface area contributed by atoms with E-state index in [9.17, 15) is 4.39 Å². The number of nitrogens with two attached hydrogens (primary N) is 1. The standard InChI is InChI=1S/C20H24FN5O/c1-12-8-17(25-20(24-12)26-7-6-14(22)11-26)16-9-13(10-23-16)19-15(21)4-3-5-18(19)27-2/h3-5,8,10,14,16,23H,6-7,9,11,22H2,1-2H3/t14-,16?/m1/s1. The van der Waals surface area contributed by atoms with Crippen molar-refractivity contribution in [1.29, 1.82) is 0 Å². The van der Waals surface area contributed by atoms with Crippen molar-refractivity contribution >= 4 is 11.5 Å². The number of benzene rings is 1. The third kappa shape index (κ3) is 3.47. The van der Waals surface area contributed by atoms with Gasteiger partial charge in [-0.25, -0.2) is 14.4 Å². The normalized spacial score (nSPS) is 21.9. The maximum atomic E-state index is 14.4. The summed E-state index contributed by atoms with van der Waals surface area (Å²) in [6.45, 7) is 3.61. The molecule has 2 aromatic rings. The number of hydrogen-bond acceptors (Lipinski definition) is 6. The lowest BCUT2D eigenvalue weighted by Gasteiger charge is -2.19. The molecule has 3 heterocycles. The Morgan fingerprint density at radius 3 is 2.93 bits per heavy atom. The Balaban J connectivity index is 1.58. The van der Waals surface area contributed by atoms with Gasteiger partial charge in [-0.05, 0) is 37.1 Å². The number of nitrogens with one attached hydrogen (secondary N) is 1. The second kappa shape index (κ2) is 7.15. The number of aryl methyl sites for hydroxylation is 1. The molecule has 2 aliphatic heterocycles. The van der Waals surface area contributed by atoms with Gasteiger partial charge in [0.25, 0.3) is 0 Å². The number of aromatic nitrogens is 2. The van der Waals surface area contributed by atoms with Gasteiger partial charge in [0.15, 0.2) is 0 Å². The molecule has 7 heteroatoms. The summed E-state index contributed by atoms with van der Waals surface area (Å²) in [6, 6.07) is 7.00. The fraction of sp³-hybridized carbons (Fsp3) is 0.400. The van der Waals surface area contributed by atoms with Gasteiger partial charge < -0.3 is 20.7 Å². The van der Waals surface area contributed by atoms with Crippen LogP contribution in [-0.4, -0.2) is 36.2 Å². The second-order valence-electron chi connectivity index (χ2n) is 7.14. The van der Waals surface area contributed by atoms with E-state index in [2.05, 4.69) is 15.2 Å². The Kier molecular flexibility index (Phi) is 4.70. The van der Waals surface area contributed by atoms with Crippen molar-refractivity contribution < 1.29 is 9.13 Å². The molecule has 1 unspecified atom stereocenters. The Morgan fingerprint density at radius 1 is 1.33 bits per heavy atom. The molecule has 6 nitrogen and oxygen atoms in total. The Bertz CT molecular complexity index is 885. The van der Waals surface area contributed by atoms with Crippen molar-refractivity contribution in [2.75, 3.05) is 25.1 Å². The molecule has 0 radical (unpaired) electrons. The quantitative estimate of drug-likeness (QED) is 0.863. The SMILES string of the molecule is COc1cccc(F)c1C1=CNC(c2cc(C)nc(N3CC[C@@H](N)C3)n2)C1. The molecule has 1 aromatic carbocycles. The van der Waals surface area contributed by atoms with Gasteiger partial charge in [-0.3, -0.25) is 0 Å². The monoisotopic (exact) mass is 369 g/mol. The largest absolute Gasteiger partial charge is 0.496 e. The molecule has 0 bridgehead atoms. The smallest absolute Gasteiger partial charge is 0.225 e. The van der Waals surface area contributed by atoms with Crippen LogP contribution in [0.1, 0.15) is 35.8 Å². The van der Waals surface area contributed by atoms with Crippen LogP contribution in [-0.2, 0) is 0 Å². The minimum absolute atomic E-state index is 0.0268. The van der Waals surface area contributed by atoms with E-state index in [4.69, 9.17) is 15.5 Å². The molecule has 3 N–H and O–H groups in total.